The van der Waals surface area contributed by atoms with Crippen molar-refractivity contribution >= 4 is 28.8 Å². The molecule has 0 unspecified atom stereocenters. The average molecular weight is 268 g/mol. The molecule has 1 aromatic carbocycles. The lowest BCUT2D eigenvalue weighted by molar-refractivity contribution is -0.116. The van der Waals surface area contributed by atoms with E-state index in [1.54, 1.807) is 0 Å². The summed E-state index contributed by atoms with van der Waals surface area (Å²) in [5.41, 5.74) is 10.2. The average Bonchev–Trinajstić information content (AvgIpc) is 2.43. The van der Waals surface area contributed by atoms with Gasteiger partial charge in [-0.25, -0.2) is 4.98 Å². The number of rotatable bonds is 2. The third kappa shape index (κ3) is 2.42. The highest BCUT2D eigenvalue weighted by molar-refractivity contribution is 5.94. The Kier molecular flexibility index (Phi) is 3.02. The molecule has 0 radical (unpaired) electrons. The van der Waals surface area contributed by atoms with Crippen LogP contribution in [0.5, 0.6) is 0 Å². The first-order valence-corrected chi connectivity index (χ1v) is 6.55. The van der Waals surface area contributed by atoms with Crippen molar-refractivity contribution in [1.29, 1.82) is 0 Å². The molecule has 1 aliphatic heterocycles. The molecule has 5 nitrogen and oxygen atoms in total. The SMILES string of the molecule is Cc1nc(Nc2ccc3c(c2)CCC(=O)N3)ccc1N. The summed E-state index contributed by atoms with van der Waals surface area (Å²) in [7, 11) is 0. The molecule has 1 aliphatic rings. The minimum absolute atomic E-state index is 0.0778. The predicted molar refractivity (Wildman–Crippen MR) is 80.1 cm³/mol. The Balaban J connectivity index is 1.84. The fourth-order valence-electron chi connectivity index (χ4n) is 2.25. The Labute approximate surface area is 117 Å². The van der Waals surface area contributed by atoms with E-state index in [9.17, 15) is 4.79 Å². The van der Waals surface area contributed by atoms with Crippen LogP contribution in [0.1, 0.15) is 17.7 Å². The van der Waals surface area contributed by atoms with Crippen molar-refractivity contribution in [3.05, 3.63) is 41.6 Å². The van der Waals surface area contributed by atoms with E-state index in [1.807, 2.05) is 37.3 Å². The second-order valence-electron chi connectivity index (χ2n) is 4.92. The molecule has 2 aromatic rings. The quantitative estimate of drug-likeness (QED) is 0.782. The number of carbonyl (C=O) groups excluding carboxylic acids is 1. The lowest BCUT2D eigenvalue weighted by Gasteiger charge is -2.18. The van der Waals surface area contributed by atoms with E-state index in [-0.39, 0.29) is 5.91 Å². The van der Waals surface area contributed by atoms with Crippen LogP contribution in [0.2, 0.25) is 0 Å². The monoisotopic (exact) mass is 268 g/mol. The topological polar surface area (TPSA) is 80.0 Å². The van der Waals surface area contributed by atoms with Gasteiger partial charge in [-0.3, -0.25) is 4.79 Å². The van der Waals surface area contributed by atoms with Crippen LogP contribution in [0.3, 0.4) is 0 Å². The molecule has 102 valence electrons. The van der Waals surface area contributed by atoms with Crippen molar-refractivity contribution in [2.75, 3.05) is 16.4 Å². The fraction of sp³-hybridized carbons (Fsp3) is 0.200. The predicted octanol–water partition coefficient (Wildman–Crippen LogP) is 2.60. The van der Waals surface area contributed by atoms with Crippen molar-refractivity contribution < 1.29 is 4.79 Å². The molecule has 4 N–H and O–H groups in total. The van der Waals surface area contributed by atoms with Gasteiger partial charge in [0.05, 0.1) is 11.4 Å². The smallest absolute Gasteiger partial charge is 0.224 e. The normalized spacial score (nSPS) is 13.6. The number of fused-ring (bicyclic) bond motifs is 1. The first kappa shape index (κ1) is 12.5. The number of hydrogen-bond acceptors (Lipinski definition) is 4. The van der Waals surface area contributed by atoms with Crippen LogP contribution in [0.4, 0.5) is 22.9 Å². The maximum atomic E-state index is 11.3. The van der Waals surface area contributed by atoms with Gasteiger partial charge in [0.15, 0.2) is 0 Å². The van der Waals surface area contributed by atoms with Gasteiger partial charge in [0.25, 0.3) is 0 Å². The number of pyridine rings is 1. The maximum absolute atomic E-state index is 11.3. The number of amides is 1. The first-order chi connectivity index (χ1) is 9.61. The first-order valence-electron chi connectivity index (χ1n) is 6.55. The summed E-state index contributed by atoms with van der Waals surface area (Å²) in [6.07, 6.45) is 1.31. The van der Waals surface area contributed by atoms with Crippen LogP contribution >= 0.6 is 0 Å². The van der Waals surface area contributed by atoms with Crippen LogP contribution in [0.25, 0.3) is 0 Å². The van der Waals surface area contributed by atoms with Gasteiger partial charge < -0.3 is 16.4 Å². The third-order valence-corrected chi connectivity index (χ3v) is 3.40. The number of nitrogens with two attached hydrogens (primary N) is 1. The van der Waals surface area contributed by atoms with Gasteiger partial charge in [0.1, 0.15) is 5.82 Å². The Morgan fingerprint density at radius 2 is 2.10 bits per heavy atom. The second kappa shape index (κ2) is 4.85. The zero-order chi connectivity index (χ0) is 14.1. The molecule has 0 aliphatic carbocycles. The molecule has 3 rings (SSSR count). The zero-order valence-electron chi connectivity index (χ0n) is 11.2. The molecule has 20 heavy (non-hydrogen) atoms. The van der Waals surface area contributed by atoms with Gasteiger partial charge in [-0.2, -0.15) is 0 Å². The van der Waals surface area contributed by atoms with Crippen LogP contribution in [0, 0.1) is 6.92 Å². The minimum atomic E-state index is 0.0778. The minimum Gasteiger partial charge on any atom is -0.397 e. The number of nitrogen functional groups attached to an aromatic ring is 1. The van der Waals surface area contributed by atoms with Crippen LogP contribution < -0.4 is 16.4 Å². The van der Waals surface area contributed by atoms with Crippen molar-refractivity contribution in [3.63, 3.8) is 0 Å². The number of benzene rings is 1. The molecule has 5 heteroatoms. The fourth-order valence-corrected chi connectivity index (χ4v) is 2.25. The second-order valence-corrected chi connectivity index (χ2v) is 4.92. The standard InChI is InChI=1S/C15H16N4O/c1-9-12(16)4-6-14(17-9)18-11-3-5-13-10(8-11)2-7-15(20)19-13/h3-6,8H,2,7,16H2,1H3,(H,17,18)(H,19,20). The van der Waals surface area contributed by atoms with E-state index in [2.05, 4.69) is 15.6 Å². The Morgan fingerprint density at radius 1 is 1.25 bits per heavy atom. The summed E-state index contributed by atoms with van der Waals surface area (Å²) < 4.78 is 0. The maximum Gasteiger partial charge on any atom is 0.224 e. The van der Waals surface area contributed by atoms with Crippen LogP contribution in [-0.2, 0) is 11.2 Å². The van der Waals surface area contributed by atoms with E-state index < -0.39 is 0 Å². The zero-order valence-corrected chi connectivity index (χ0v) is 11.2. The molecule has 0 saturated carbocycles. The Hall–Kier alpha value is -2.56. The number of carbonyl (C=O) groups is 1. The molecular weight excluding hydrogens is 252 g/mol. The van der Waals surface area contributed by atoms with Crippen molar-refractivity contribution in [2.24, 2.45) is 0 Å². The summed E-state index contributed by atoms with van der Waals surface area (Å²) in [4.78, 5) is 15.7. The molecular formula is C15H16N4O. The summed E-state index contributed by atoms with van der Waals surface area (Å²) in [6.45, 7) is 1.88. The van der Waals surface area contributed by atoms with E-state index in [0.29, 0.717) is 12.1 Å². The van der Waals surface area contributed by atoms with E-state index >= 15 is 0 Å². The lowest BCUT2D eigenvalue weighted by atomic mass is 10.0. The number of aromatic nitrogens is 1. The van der Waals surface area contributed by atoms with Crippen LogP contribution in [0.15, 0.2) is 30.3 Å². The van der Waals surface area contributed by atoms with Crippen molar-refractivity contribution in [1.82, 2.24) is 4.98 Å². The molecule has 1 aromatic heterocycles. The highest BCUT2D eigenvalue weighted by atomic mass is 16.1. The molecule has 0 bridgehead atoms. The van der Waals surface area contributed by atoms with Gasteiger partial charge >= 0.3 is 0 Å². The molecule has 1 amide bonds. The largest absolute Gasteiger partial charge is 0.397 e. The molecule has 2 heterocycles. The van der Waals surface area contributed by atoms with Gasteiger partial charge in [-0.15, -0.1) is 0 Å². The van der Waals surface area contributed by atoms with E-state index in [0.717, 1.165) is 34.9 Å². The number of anilines is 4. The Morgan fingerprint density at radius 3 is 2.90 bits per heavy atom. The summed E-state index contributed by atoms with van der Waals surface area (Å²) in [5.74, 6) is 0.838. The third-order valence-electron chi connectivity index (χ3n) is 3.40. The molecule has 0 atom stereocenters. The lowest BCUT2D eigenvalue weighted by Crippen LogP contribution is -2.18. The number of hydrogen-bond donors (Lipinski definition) is 3. The number of nitrogens with zero attached hydrogens (tertiary/aromatic N) is 1. The van der Waals surface area contributed by atoms with Gasteiger partial charge in [-0.05, 0) is 49.2 Å². The molecule has 0 saturated heterocycles. The molecule has 0 fully saturated rings. The highest BCUT2D eigenvalue weighted by Gasteiger charge is 2.14. The highest BCUT2D eigenvalue weighted by Crippen LogP contribution is 2.27. The number of nitrogens with one attached hydrogen (secondary N) is 2. The summed E-state index contributed by atoms with van der Waals surface area (Å²) in [5, 5.41) is 6.12. The molecule has 0 spiro atoms. The van der Waals surface area contributed by atoms with Crippen molar-refractivity contribution in [3.8, 4) is 0 Å². The van der Waals surface area contributed by atoms with Gasteiger partial charge in [-0.1, -0.05) is 0 Å². The van der Waals surface area contributed by atoms with E-state index in [1.165, 1.54) is 0 Å². The number of aryl methyl sites for hydroxylation is 2. The Bertz CT molecular complexity index is 682. The van der Waals surface area contributed by atoms with Crippen molar-refractivity contribution in [2.45, 2.75) is 19.8 Å². The van der Waals surface area contributed by atoms with Gasteiger partial charge in [0, 0.05) is 17.8 Å². The summed E-state index contributed by atoms with van der Waals surface area (Å²) >= 11 is 0. The van der Waals surface area contributed by atoms with Gasteiger partial charge in [0.2, 0.25) is 5.91 Å². The summed E-state index contributed by atoms with van der Waals surface area (Å²) in [6, 6.07) is 9.58. The van der Waals surface area contributed by atoms with E-state index in [4.69, 9.17) is 5.73 Å². The van der Waals surface area contributed by atoms with Crippen LogP contribution in [-0.4, -0.2) is 10.9 Å².